The summed E-state index contributed by atoms with van der Waals surface area (Å²) < 4.78 is 0. The number of carbonyl (C=O) groups is 1. The first-order chi connectivity index (χ1) is 10.6. The summed E-state index contributed by atoms with van der Waals surface area (Å²) in [6, 6.07) is 5.58. The summed E-state index contributed by atoms with van der Waals surface area (Å²) in [7, 11) is 0. The van der Waals surface area contributed by atoms with Crippen molar-refractivity contribution in [3.05, 3.63) is 45.1 Å². The number of aromatic nitrogens is 3. The van der Waals surface area contributed by atoms with Crippen molar-refractivity contribution in [3.8, 4) is 0 Å². The number of aromatic amines is 1. The number of benzene rings is 1. The molecule has 1 aromatic carbocycles. The fraction of sp³-hybridized carbons (Fsp3) is 0.267. The van der Waals surface area contributed by atoms with Gasteiger partial charge >= 0.3 is 0 Å². The quantitative estimate of drug-likeness (QED) is 0.703. The Kier molecular flexibility index (Phi) is 4.40. The second-order valence-corrected chi connectivity index (χ2v) is 6.26. The molecule has 0 aliphatic heterocycles. The van der Waals surface area contributed by atoms with E-state index in [-0.39, 0.29) is 5.91 Å². The number of nitrogens with one attached hydrogen (secondary N) is 2. The summed E-state index contributed by atoms with van der Waals surface area (Å²) in [6.07, 6.45) is 1.59. The molecule has 7 heteroatoms. The maximum absolute atomic E-state index is 11.9. The molecule has 0 fully saturated rings. The van der Waals surface area contributed by atoms with E-state index in [2.05, 4.69) is 20.3 Å². The van der Waals surface area contributed by atoms with Crippen LogP contribution in [0.25, 0.3) is 11.0 Å². The van der Waals surface area contributed by atoms with Gasteiger partial charge in [-0.05, 0) is 31.5 Å². The molecule has 2 heterocycles. The number of thiazole rings is 1. The zero-order valence-electron chi connectivity index (χ0n) is 12.0. The van der Waals surface area contributed by atoms with Crippen molar-refractivity contribution in [3.63, 3.8) is 0 Å². The lowest BCUT2D eigenvalue weighted by molar-refractivity contribution is 0.0956. The number of rotatable bonds is 5. The van der Waals surface area contributed by atoms with Crippen LogP contribution in [0.15, 0.2) is 23.7 Å². The van der Waals surface area contributed by atoms with Crippen LogP contribution in [0.1, 0.15) is 27.6 Å². The van der Waals surface area contributed by atoms with Crippen molar-refractivity contribution >= 4 is 39.9 Å². The number of fused-ring (bicyclic) bond motifs is 1. The predicted molar refractivity (Wildman–Crippen MR) is 88.6 cm³/mol. The van der Waals surface area contributed by atoms with Gasteiger partial charge in [-0.15, -0.1) is 11.3 Å². The van der Waals surface area contributed by atoms with Crippen LogP contribution in [0.3, 0.4) is 0 Å². The summed E-state index contributed by atoms with van der Waals surface area (Å²) in [5.74, 6) is 0.844. The van der Waals surface area contributed by atoms with E-state index in [1.807, 2.05) is 25.1 Å². The molecule has 0 aliphatic carbocycles. The minimum atomic E-state index is -0.0589. The first kappa shape index (κ1) is 15.0. The Labute approximate surface area is 136 Å². The van der Waals surface area contributed by atoms with Gasteiger partial charge in [0.2, 0.25) is 0 Å². The average molecular weight is 335 g/mol. The highest BCUT2D eigenvalue weighted by molar-refractivity contribution is 7.11. The third-order valence-electron chi connectivity index (χ3n) is 3.32. The van der Waals surface area contributed by atoms with E-state index in [0.29, 0.717) is 16.4 Å². The molecule has 0 unspecified atom stereocenters. The average Bonchev–Trinajstić information content (AvgIpc) is 3.08. The molecule has 0 radical (unpaired) electrons. The van der Waals surface area contributed by atoms with Gasteiger partial charge in [0, 0.05) is 18.0 Å². The SMILES string of the molecule is Cc1ncsc1C(=O)NCCCc1nc2ccc(Cl)cc2[nH]1. The molecule has 0 saturated heterocycles. The van der Waals surface area contributed by atoms with E-state index < -0.39 is 0 Å². The maximum atomic E-state index is 11.9. The monoisotopic (exact) mass is 334 g/mol. The lowest BCUT2D eigenvalue weighted by atomic mass is 10.3. The highest BCUT2D eigenvalue weighted by atomic mass is 35.5. The molecule has 2 aromatic heterocycles. The second-order valence-electron chi connectivity index (χ2n) is 4.97. The van der Waals surface area contributed by atoms with Gasteiger partial charge in [0.15, 0.2) is 0 Å². The molecular formula is C15H15ClN4OS. The molecule has 3 rings (SSSR count). The Morgan fingerprint density at radius 1 is 1.45 bits per heavy atom. The van der Waals surface area contributed by atoms with E-state index in [4.69, 9.17) is 11.6 Å². The maximum Gasteiger partial charge on any atom is 0.263 e. The summed E-state index contributed by atoms with van der Waals surface area (Å²) in [6.45, 7) is 2.44. The second kappa shape index (κ2) is 6.46. The minimum absolute atomic E-state index is 0.0589. The van der Waals surface area contributed by atoms with E-state index >= 15 is 0 Å². The third kappa shape index (κ3) is 3.28. The summed E-state index contributed by atoms with van der Waals surface area (Å²) in [4.78, 5) is 24.4. The van der Waals surface area contributed by atoms with E-state index in [9.17, 15) is 4.79 Å². The van der Waals surface area contributed by atoms with Crippen molar-refractivity contribution < 1.29 is 4.79 Å². The lowest BCUT2D eigenvalue weighted by Crippen LogP contribution is -2.24. The van der Waals surface area contributed by atoms with Crippen LogP contribution < -0.4 is 5.32 Å². The van der Waals surface area contributed by atoms with Crippen molar-refractivity contribution in [1.82, 2.24) is 20.3 Å². The fourth-order valence-corrected chi connectivity index (χ4v) is 3.10. The summed E-state index contributed by atoms with van der Waals surface area (Å²) >= 11 is 7.31. The van der Waals surface area contributed by atoms with Gasteiger partial charge < -0.3 is 10.3 Å². The van der Waals surface area contributed by atoms with Crippen LogP contribution in [0, 0.1) is 6.92 Å². The first-order valence-corrected chi connectivity index (χ1v) is 8.21. The first-order valence-electron chi connectivity index (χ1n) is 6.96. The number of aryl methyl sites for hydroxylation is 2. The molecule has 3 aromatic rings. The molecule has 5 nitrogen and oxygen atoms in total. The Morgan fingerprint density at radius 2 is 2.32 bits per heavy atom. The number of H-pyrrole nitrogens is 1. The Balaban J connectivity index is 1.52. The zero-order chi connectivity index (χ0) is 15.5. The number of hydrogen-bond donors (Lipinski definition) is 2. The standard InChI is InChI=1S/C15H15ClN4OS/c1-9-14(22-8-18-9)15(21)17-6-2-3-13-19-11-5-4-10(16)7-12(11)20-13/h4-5,7-8H,2-3,6H2,1H3,(H,17,21)(H,19,20). The molecule has 0 aliphatic rings. The van der Waals surface area contributed by atoms with Crippen LogP contribution >= 0.6 is 22.9 Å². The number of imidazole rings is 1. The third-order valence-corrected chi connectivity index (χ3v) is 4.48. The largest absolute Gasteiger partial charge is 0.351 e. The van der Waals surface area contributed by atoms with Crippen LogP contribution in [0.4, 0.5) is 0 Å². The Morgan fingerprint density at radius 3 is 3.09 bits per heavy atom. The number of amides is 1. The van der Waals surface area contributed by atoms with Gasteiger partial charge in [-0.25, -0.2) is 9.97 Å². The van der Waals surface area contributed by atoms with Gasteiger partial charge in [0.25, 0.3) is 5.91 Å². The Hall–Kier alpha value is -1.92. The molecule has 114 valence electrons. The molecule has 0 spiro atoms. The summed E-state index contributed by atoms with van der Waals surface area (Å²) in [5, 5.41) is 3.60. The van der Waals surface area contributed by atoms with E-state index in [1.165, 1.54) is 11.3 Å². The van der Waals surface area contributed by atoms with Gasteiger partial charge in [-0.2, -0.15) is 0 Å². The minimum Gasteiger partial charge on any atom is -0.351 e. The van der Waals surface area contributed by atoms with Crippen molar-refractivity contribution in [2.45, 2.75) is 19.8 Å². The molecule has 22 heavy (non-hydrogen) atoms. The Bertz CT molecular complexity index is 811. The fourth-order valence-electron chi connectivity index (χ4n) is 2.21. The van der Waals surface area contributed by atoms with E-state index in [1.54, 1.807) is 5.51 Å². The number of hydrogen-bond acceptors (Lipinski definition) is 4. The van der Waals surface area contributed by atoms with E-state index in [0.717, 1.165) is 35.4 Å². The van der Waals surface area contributed by atoms with Crippen molar-refractivity contribution in [2.75, 3.05) is 6.54 Å². The molecule has 2 N–H and O–H groups in total. The zero-order valence-corrected chi connectivity index (χ0v) is 13.6. The topological polar surface area (TPSA) is 70.7 Å². The molecular weight excluding hydrogens is 320 g/mol. The smallest absolute Gasteiger partial charge is 0.263 e. The normalized spacial score (nSPS) is 11.0. The highest BCUT2D eigenvalue weighted by Gasteiger charge is 2.10. The predicted octanol–water partition coefficient (Wildman–Crippen LogP) is 3.34. The van der Waals surface area contributed by atoms with Crippen LogP contribution in [0.2, 0.25) is 5.02 Å². The summed E-state index contributed by atoms with van der Waals surface area (Å²) in [5.41, 5.74) is 4.30. The van der Waals surface area contributed by atoms with Crippen LogP contribution in [-0.2, 0) is 6.42 Å². The van der Waals surface area contributed by atoms with Crippen LogP contribution in [-0.4, -0.2) is 27.4 Å². The molecule has 1 amide bonds. The number of halogens is 1. The van der Waals surface area contributed by atoms with Gasteiger partial charge in [0.1, 0.15) is 10.7 Å². The van der Waals surface area contributed by atoms with Crippen LogP contribution in [0.5, 0.6) is 0 Å². The van der Waals surface area contributed by atoms with Crippen molar-refractivity contribution in [1.29, 1.82) is 0 Å². The van der Waals surface area contributed by atoms with Crippen molar-refractivity contribution in [2.24, 2.45) is 0 Å². The molecule has 0 saturated carbocycles. The highest BCUT2D eigenvalue weighted by Crippen LogP contribution is 2.17. The van der Waals surface area contributed by atoms with Gasteiger partial charge in [0.05, 0.1) is 22.2 Å². The molecule has 0 bridgehead atoms. The molecule has 0 atom stereocenters. The number of carbonyl (C=O) groups excluding carboxylic acids is 1. The van der Waals surface area contributed by atoms with Gasteiger partial charge in [-0.3, -0.25) is 4.79 Å². The lowest BCUT2D eigenvalue weighted by Gasteiger charge is -2.02. The van der Waals surface area contributed by atoms with Gasteiger partial charge in [-0.1, -0.05) is 11.6 Å². The number of nitrogens with zero attached hydrogens (tertiary/aromatic N) is 2.